The monoisotopic (exact) mass is 388 g/mol. The number of aryl methyl sites for hydroxylation is 2. The van der Waals surface area contributed by atoms with Gasteiger partial charge in [-0.25, -0.2) is 4.98 Å². The zero-order valence-corrected chi connectivity index (χ0v) is 16.1. The molecule has 2 aromatic carbocycles. The Morgan fingerprint density at radius 3 is 2.39 bits per heavy atom. The Bertz CT molecular complexity index is 1180. The molecular formula is C21H17ClN6. The number of aromatic nitrogens is 3. The molecule has 0 atom stereocenters. The Hall–Kier alpha value is -3.56. The average Bonchev–Trinajstić information content (AvgIpc) is 3.15. The van der Waals surface area contributed by atoms with E-state index in [1.54, 1.807) is 10.7 Å². The largest absolute Gasteiger partial charge is 0.340 e. The summed E-state index contributed by atoms with van der Waals surface area (Å²) < 4.78 is 1.74. The number of fused-ring (bicyclic) bond motifs is 1. The number of halogens is 1. The van der Waals surface area contributed by atoms with Crippen molar-refractivity contribution in [2.45, 2.75) is 13.8 Å². The Balaban J connectivity index is 1.74. The summed E-state index contributed by atoms with van der Waals surface area (Å²) >= 11 is 5.96. The van der Waals surface area contributed by atoms with Gasteiger partial charge in [0, 0.05) is 28.5 Å². The lowest BCUT2D eigenvalue weighted by molar-refractivity contribution is 0.948. The molecule has 0 radical (unpaired) electrons. The number of nitrogens with zero attached hydrogens (tertiary/aromatic N) is 4. The van der Waals surface area contributed by atoms with Gasteiger partial charge in [0.25, 0.3) is 0 Å². The van der Waals surface area contributed by atoms with E-state index in [9.17, 15) is 0 Å². The van der Waals surface area contributed by atoms with Crippen LogP contribution in [-0.2, 0) is 0 Å². The van der Waals surface area contributed by atoms with Crippen LogP contribution < -0.4 is 10.6 Å². The van der Waals surface area contributed by atoms with Gasteiger partial charge in [-0.1, -0.05) is 11.6 Å². The molecule has 0 saturated heterocycles. The van der Waals surface area contributed by atoms with E-state index in [1.165, 1.54) is 0 Å². The van der Waals surface area contributed by atoms with E-state index in [0.29, 0.717) is 22.1 Å². The van der Waals surface area contributed by atoms with Crippen LogP contribution in [0.25, 0.3) is 5.65 Å². The third kappa shape index (κ3) is 3.48. The fourth-order valence-electron chi connectivity index (χ4n) is 3.10. The highest BCUT2D eigenvalue weighted by Gasteiger charge is 2.11. The highest BCUT2D eigenvalue weighted by Crippen LogP contribution is 2.28. The van der Waals surface area contributed by atoms with E-state index in [4.69, 9.17) is 16.9 Å². The topological polar surface area (TPSA) is 78.0 Å². The number of hydrogen-bond acceptors (Lipinski definition) is 5. The van der Waals surface area contributed by atoms with Crippen molar-refractivity contribution in [1.82, 2.24) is 14.6 Å². The standard InChI is InChI=1S/C21H17ClN6/c1-13-9-15(12-23)10-14(2)21(13)27-20-11-18(26-19-7-8-24-28(19)20)25-17-5-3-16(22)4-6-17/h3-11,27H,1-2H3,(H,25,26). The normalized spacial score (nSPS) is 10.6. The minimum Gasteiger partial charge on any atom is -0.340 e. The number of rotatable bonds is 4. The van der Waals surface area contributed by atoms with Crippen molar-refractivity contribution in [2.24, 2.45) is 0 Å². The molecule has 2 heterocycles. The predicted molar refractivity (Wildman–Crippen MR) is 112 cm³/mol. The molecule has 138 valence electrons. The number of benzene rings is 2. The molecule has 2 aromatic heterocycles. The summed E-state index contributed by atoms with van der Waals surface area (Å²) in [6.45, 7) is 3.95. The van der Waals surface area contributed by atoms with E-state index in [1.807, 2.05) is 62.4 Å². The van der Waals surface area contributed by atoms with Crippen LogP contribution in [0, 0.1) is 25.2 Å². The van der Waals surface area contributed by atoms with Gasteiger partial charge in [0.15, 0.2) is 5.65 Å². The van der Waals surface area contributed by atoms with Gasteiger partial charge < -0.3 is 10.6 Å². The van der Waals surface area contributed by atoms with Gasteiger partial charge in [0.1, 0.15) is 11.6 Å². The van der Waals surface area contributed by atoms with E-state index >= 15 is 0 Å². The SMILES string of the molecule is Cc1cc(C#N)cc(C)c1Nc1cc(Nc2ccc(Cl)cc2)nc2ccnn12. The third-order valence-corrected chi connectivity index (χ3v) is 4.64. The van der Waals surface area contributed by atoms with Crippen LogP contribution in [0.2, 0.25) is 5.02 Å². The lowest BCUT2D eigenvalue weighted by atomic mass is 10.0. The molecule has 4 aromatic rings. The van der Waals surface area contributed by atoms with Gasteiger partial charge in [0.2, 0.25) is 0 Å². The fraction of sp³-hybridized carbons (Fsp3) is 0.0952. The van der Waals surface area contributed by atoms with Crippen LogP contribution in [0.5, 0.6) is 0 Å². The van der Waals surface area contributed by atoms with Crippen LogP contribution >= 0.6 is 11.6 Å². The van der Waals surface area contributed by atoms with Crippen LogP contribution in [0.1, 0.15) is 16.7 Å². The van der Waals surface area contributed by atoms with Gasteiger partial charge in [-0.2, -0.15) is 14.9 Å². The summed E-state index contributed by atoms with van der Waals surface area (Å²) in [5, 5.41) is 20.9. The molecule has 0 amide bonds. The highest BCUT2D eigenvalue weighted by atomic mass is 35.5. The van der Waals surface area contributed by atoms with E-state index in [2.05, 4.69) is 26.8 Å². The zero-order valence-electron chi connectivity index (χ0n) is 15.4. The summed E-state index contributed by atoms with van der Waals surface area (Å²) in [7, 11) is 0. The Morgan fingerprint density at radius 2 is 1.71 bits per heavy atom. The summed E-state index contributed by atoms with van der Waals surface area (Å²) in [5.41, 5.74) is 5.16. The van der Waals surface area contributed by atoms with Gasteiger partial charge in [0.05, 0.1) is 17.8 Å². The Morgan fingerprint density at radius 1 is 1.00 bits per heavy atom. The van der Waals surface area contributed by atoms with Gasteiger partial charge in [-0.05, 0) is 61.4 Å². The van der Waals surface area contributed by atoms with Crippen molar-refractivity contribution in [3.05, 3.63) is 76.4 Å². The predicted octanol–water partition coefficient (Wildman–Crippen LogP) is 5.36. The zero-order chi connectivity index (χ0) is 19.7. The molecule has 4 rings (SSSR count). The molecule has 0 bridgehead atoms. The van der Waals surface area contributed by atoms with Crippen LogP contribution in [-0.4, -0.2) is 14.6 Å². The quantitative estimate of drug-likeness (QED) is 0.492. The van der Waals surface area contributed by atoms with Gasteiger partial charge in [-0.3, -0.25) is 0 Å². The molecule has 0 unspecified atom stereocenters. The van der Waals surface area contributed by atoms with Gasteiger partial charge in [-0.15, -0.1) is 0 Å². The Kier molecular flexibility index (Phi) is 4.60. The lowest BCUT2D eigenvalue weighted by Gasteiger charge is -2.15. The maximum Gasteiger partial charge on any atom is 0.159 e. The third-order valence-electron chi connectivity index (χ3n) is 4.39. The van der Waals surface area contributed by atoms with Crippen molar-refractivity contribution >= 4 is 40.3 Å². The highest BCUT2D eigenvalue weighted by molar-refractivity contribution is 6.30. The van der Waals surface area contributed by atoms with E-state index in [-0.39, 0.29) is 0 Å². The van der Waals surface area contributed by atoms with Crippen LogP contribution in [0.15, 0.2) is 54.7 Å². The van der Waals surface area contributed by atoms with Gasteiger partial charge >= 0.3 is 0 Å². The molecule has 0 aliphatic heterocycles. The minimum absolute atomic E-state index is 0.643. The first-order valence-electron chi connectivity index (χ1n) is 8.69. The Labute approximate surface area is 167 Å². The van der Waals surface area contributed by atoms with Crippen LogP contribution in [0.4, 0.5) is 23.0 Å². The summed E-state index contributed by atoms with van der Waals surface area (Å²) in [5.74, 6) is 1.45. The fourth-order valence-corrected chi connectivity index (χ4v) is 3.23. The number of nitrogens with one attached hydrogen (secondary N) is 2. The molecular weight excluding hydrogens is 372 g/mol. The van der Waals surface area contributed by atoms with Crippen molar-refractivity contribution in [3.63, 3.8) is 0 Å². The molecule has 28 heavy (non-hydrogen) atoms. The van der Waals surface area contributed by atoms with Crippen molar-refractivity contribution in [2.75, 3.05) is 10.6 Å². The lowest BCUT2D eigenvalue weighted by Crippen LogP contribution is -2.06. The number of nitriles is 1. The average molecular weight is 389 g/mol. The smallest absolute Gasteiger partial charge is 0.159 e. The molecule has 6 nitrogen and oxygen atoms in total. The van der Waals surface area contributed by atoms with E-state index in [0.717, 1.165) is 28.3 Å². The molecule has 0 fully saturated rings. The molecule has 0 aliphatic carbocycles. The summed E-state index contributed by atoms with van der Waals surface area (Å²) in [6.07, 6.45) is 1.71. The van der Waals surface area contributed by atoms with Crippen molar-refractivity contribution < 1.29 is 0 Å². The molecule has 0 aliphatic rings. The number of anilines is 4. The second kappa shape index (κ2) is 7.22. The first-order chi connectivity index (χ1) is 13.5. The minimum atomic E-state index is 0.643. The summed E-state index contributed by atoms with van der Waals surface area (Å²) in [4.78, 5) is 4.60. The van der Waals surface area contributed by atoms with Crippen LogP contribution in [0.3, 0.4) is 0 Å². The number of hydrogen-bond donors (Lipinski definition) is 2. The van der Waals surface area contributed by atoms with Crippen molar-refractivity contribution in [3.8, 4) is 6.07 Å². The first kappa shape index (κ1) is 17.8. The molecule has 7 heteroatoms. The maximum absolute atomic E-state index is 9.17. The molecule has 2 N–H and O–H groups in total. The van der Waals surface area contributed by atoms with Crippen molar-refractivity contribution in [1.29, 1.82) is 5.26 Å². The second-order valence-corrected chi connectivity index (χ2v) is 6.92. The second-order valence-electron chi connectivity index (χ2n) is 6.48. The maximum atomic E-state index is 9.17. The summed E-state index contributed by atoms with van der Waals surface area (Å²) in [6, 6.07) is 17.1. The molecule has 0 spiro atoms. The molecule has 0 saturated carbocycles. The van der Waals surface area contributed by atoms with E-state index < -0.39 is 0 Å². The first-order valence-corrected chi connectivity index (χ1v) is 9.07.